The molecule has 0 heterocycles. The Morgan fingerprint density at radius 1 is 1.04 bits per heavy atom. The molecule has 0 saturated carbocycles. The molecule has 146 valence electrons. The van der Waals surface area contributed by atoms with E-state index in [1.807, 2.05) is 24.3 Å². The lowest BCUT2D eigenvalue weighted by atomic mass is 10.3. The summed E-state index contributed by atoms with van der Waals surface area (Å²) in [5, 5.41) is 3.95. The first kappa shape index (κ1) is 21.9. The van der Waals surface area contributed by atoms with E-state index < -0.39 is 10.0 Å². The van der Waals surface area contributed by atoms with Gasteiger partial charge in [-0.1, -0.05) is 23.2 Å². The molecule has 0 aliphatic heterocycles. The molecule has 0 aliphatic rings. The first-order chi connectivity index (χ1) is 12.8. The second-order valence-corrected chi connectivity index (χ2v) is 9.70. The van der Waals surface area contributed by atoms with Crippen molar-refractivity contribution in [1.29, 1.82) is 0 Å². The maximum absolute atomic E-state index is 12.1. The summed E-state index contributed by atoms with van der Waals surface area (Å²) in [5.41, 5.74) is 0.398. The third-order valence-corrected chi connectivity index (χ3v) is 6.27. The number of halogens is 2. The van der Waals surface area contributed by atoms with Crippen LogP contribution in [0.4, 0.5) is 5.69 Å². The average molecular weight is 447 g/mol. The standard InChI is InChI=1S/C18H20Cl2N2O3S2/c1-27(24,25)22(16-7-3-14(19)4-8-16)13-18(23)21-11-2-12-26-17-9-5-15(20)6-10-17/h3-10H,2,11-13H2,1H3,(H,21,23). The molecule has 5 nitrogen and oxygen atoms in total. The van der Waals surface area contributed by atoms with Crippen molar-refractivity contribution in [2.75, 3.05) is 29.4 Å². The minimum absolute atomic E-state index is 0.273. The molecular formula is C18H20Cl2N2O3S2. The third kappa shape index (κ3) is 7.62. The summed E-state index contributed by atoms with van der Waals surface area (Å²) in [4.78, 5) is 13.3. The van der Waals surface area contributed by atoms with Gasteiger partial charge < -0.3 is 5.32 Å². The molecule has 27 heavy (non-hydrogen) atoms. The van der Waals surface area contributed by atoms with Gasteiger partial charge in [-0.15, -0.1) is 11.8 Å². The molecule has 0 unspecified atom stereocenters. The molecule has 0 fully saturated rings. The Morgan fingerprint density at radius 2 is 1.59 bits per heavy atom. The fourth-order valence-electron chi connectivity index (χ4n) is 2.21. The van der Waals surface area contributed by atoms with E-state index in [4.69, 9.17) is 23.2 Å². The van der Waals surface area contributed by atoms with Gasteiger partial charge in [-0.05, 0) is 60.7 Å². The number of hydrogen-bond donors (Lipinski definition) is 1. The van der Waals surface area contributed by atoms with Crippen LogP contribution in [0, 0.1) is 0 Å². The second-order valence-electron chi connectivity index (χ2n) is 5.75. The van der Waals surface area contributed by atoms with E-state index >= 15 is 0 Å². The van der Waals surface area contributed by atoms with E-state index in [0.29, 0.717) is 22.3 Å². The number of carbonyl (C=O) groups is 1. The van der Waals surface area contributed by atoms with Crippen LogP contribution in [0.2, 0.25) is 10.0 Å². The van der Waals surface area contributed by atoms with Gasteiger partial charge in [-0.25, -0.2) is 8.42 Å². The zero-order valence-corrected chi connectivity index (χ0v) is 17.8. The van der Waals surface area contributed by atoms with E-state index in [-0.39, 0.29) is 12.5 Å². The maximum Gasteiger partial charge on any atom is 0.240 e. The summed E-state index contributed by atoms with van der Waals surface area (Å²) in [7, 11) is -3.59. The molecule has 1 amide bonds. The molecule has 2 aromatic rings. The largest absolute Gasteiger partial charge is 0.354 e. The van der Waals surface area contributed by atoms with Crippen LogP contribution in [0.25, 0.3) is 0 Å². The van der Waals surface area contributed by atoms with Crippen molar-refractivity contribution >= 4 is 56.6 Å². The number of amides is 1. The van der Waals surface area contributed by atoms with Crippen molar-refractivity contribution in [2.24, 2.45) is 0 Å². The molecule has 2 rings (SSSR count). The number of hydrogen-bond acceptors (Lipinski definition) is 4. The van der Waals surface area contributed by atoms with E-state index in [0.717, 1.165) is 27.6 Å². The first-order valence-electron chi connectivity index (χ1n) is 8.14. The number of nitrogens with one attached hydrogen (secondary N) is 1. The fourth-order valence-corrected chi connectivity index (χ4v) is 4.18. The normalized spacial score (nSPS) is 11.2. The van der Waals surface area contributed by atoms with Crippen LogP contribution in [-0.4, -0.2) is 39.4 Å². The monoisotopic (exact) mass is 446 g/mol. The van der Waals surface area contributed by atoms with Crippen molar-refractivity contribution in [3.05, 3.63) is 58.6 Å². The van der Waals surface area contributed by atoms with Gasteiger partial charge >= 0.3 is 0 Å². The Bertz CT molecular complexity index is 857. The van der Waals surface area contributed by atoms with Crippen LogP contribution in [0.3, 0.4) is 0 Å². The minimum Gasteiger partial charge on any atom is -0.354 e. The van der Waals surface area contributed by atoms with Crippen LogP contribution >= 0.6 is 35.0 Å². The molecule has 9 heteroatoms. The molecule has 0 aliphatic carbocycles. The minimum atomic E-state index is -3.59. The van der Waals surface area contributed by atoms with Crippen molar-refractivity contribution in [3.63, 3.8) is 0 Å². The van der Waals surface area contributed by atoms with Crippen LogP contribution in [0.15, 0.2) is 53.4 Å². The number of benzene rings is 2. The zero-order valence-electron chi connectivity index (χ0n) is 14.7. The Labute approximate surface area is 174 Å². The van der Waals surface area contributed by atoms with Crippen LogP contribution in [0.1, 0.15) is 6.42 Å². The molecule has 0 bridgehead atoms. The molecule has 0 saturated heterocycles. The van der Waals surface area contributed by atoms with E-state index in [2.05, 4.69) is 5.32 Å². The second kappa shape index (κ2) is 10.2. The van der Waals surface area contributed by atoms with Gasteiger partial charge in [-0.3, -0.25) is 9.10 Å². The highest BCUT2D eigenvalue weighted by molar-refractivity contribution is 7.99. The zero-order chi connectivity index (χ0) is 19.9. The summed E-state index contributed by atoms with van der Waals surface area (Å²) in [6.07, 6.45) is 1.83. The van der Waals surface area contributed by atoms with E-state index in [1.165, 1.54) is 0 Å². The van der Waals surface area contributed by atoms with Crippen molar-refractivity contribution < 1.29 is 13.2 Å². The first-order valence-corrected chi connectivity index (χ1v) is 11.7. The average Bonchev–Trinajstić information content (AvgIpc) is 2.61. The number of rotatable bonds is 9. The number of nitrogens with zero attached hydrogens (tertiary/aromatic N) is 1. The van der Waals surface area contributed by atoms with Crippen LogP contribution < -0.4 is 9.62 Å². The molecule has 0 radical (unpaired) electrons. The molecular weight excluding hydrogens is 427 g/mol. The number of anilines is 1. The molecule has 2 aromatic carbocycles. The van der Waals surface area contributed by atoms with Gasteiger partial charge in [0.05, 0.1) is 11.9 Å². The van der Waals surface area contributed by atoms with Gasteiger partial charge in [0.1, 0.15) is 6.54 Å². The van der Waals surface area contributed by atoms with Gasteiger partial charge in [0.25, 0.3) is 0 Å². The Morgan fingerprint density at radius 3 is 2.15 bits per heavy atom. The van der Waals surface area contributed by atoms with Crippen LogP contribution in [-0.2, 0) is 14.8 Å². The highest BCUT2D eigenvalue weighted by atomic mass is 35.5. The Hall–Kier alpha value is -1.41. The van der Waals surface area contributed by atoms with Crippen molar-refractivity contribution in [2.45, 2.75) is 11.3 Å². The highest BCUT2D eigenvalue weighted by Crippen LogP contribution is 2.21. The fraction of sp³-hybridized carbons (Fsp3) is 0.278. The lowest BCUT2D eigenvalue weighted by Gasteiger charge is -2.21. The summed E-state index contributed by atoms with van der Waals surface area (Å²) in [6.45, 7) is 0.197. The summed E-state index contributed by atoms with van der Waals surface area (Å²) in [5.74, 6) is 0.474. The summed E-state index contributed by atoms with van der Waals surface area (Å²) < 4.78 is 25.1. The predicted molar refractivity (Wildman–Crippen MR) is 113 cm³/mol. The van der Waals surface area contributed by atoms with Gasteiger partial charge in [0, 0.05) is 21.5 Å². The van der Waals surface area contributed by atoms with Crippen molar-refractivity contribution in [1.82, 2.24) is 5.32 Å². The van der Waals surface area contributed by atoms with Gasteiger partial charge in [-0.2, -0.15) is 0 Å². The van der Waals surface area contributed by atoms with E-state index in [9.17, 15) is 13.2 Å². The third-order valence-electron chi connectivity index (χ3n) is 3.53. The maximum atomic E-state index is 12.1. The molecule has 1 N–H and O–H groups in total. The van der Waals surface area contributed by atoms with Crippen LogP contribution in [0.5, 0.6) is 0 Å². The highest BCUT2D eigenvalue weighted by Gasteiger charge is 2.20. The number of thioether (sulfide) groups is 1. The van der Waals surface area contributed by atoms with Gasteiger partial charge in [0.2, 0.25) is 15.9 Å². The molecule has 0 atom stereocenters. The number of sulfonamides is 1. The lowest BCUT2D eigenvalue weighted by Crippen LogP contribution is -2.40. The van der Waals surface area contributed by atoms with E-state index in [1.54, 1.807) is 36.0 Å². The number of carbonyl (C=O) groups excluding carboxylic acids is 1. The summed E-state index contributed by atoms with van der Waals surface area (Å²) >= 11 is 13.3. The quantitative estimate of drug-likeness (QED) is 0.465. The predicted octanol–water partition coefficient (Wildman–Crippen LogP) is 4.06. The van der Waals surface area contributed by atoms with Gasteiger partial charge in [0.15, 0.2) is 0 Å². The molecule has 0 spiro atoms. The topological polar surface area (TPSA) is 66.5 Å². The summed E-state index contributed by atoms with van der Waals surface area (Å²) in [6, 6.07) is 13.9. The lowest BCUT2D eigenvalue weighted by molar-refractivity contribution is -0.119. The SMILES string of the molecule is CS(=O)(=O)N(CC(=O)NCCCSc1ccc(Cl)cc1)c1ccc(Cl)cc1. The Balaban J connectivity index is 1.80. The van der Waals surface area contributed by atoms with Crippen molar-refractivity contribution in [3.8, 4) is 0 Å². The molecule has 0 aromatic heterocycles. The Kier molecular flexibility index (Phi) is 8.28. The smallest absolute Gasteiger partial charge is 0.240 e.